The summed E-state index contributed by atoms with van der Waals surface area (Å²) < 4.78 is 44.3. The molecule has 1 aromatic carbocycles. The van der Waals surface area contributed by atoms with Crippen LogP contribution in [-0.2, 0) is 17.5 Å². The highest BCUT2D eigenvalue weighted by atomic mass is 19.4. The molecule has 0 aliphatic carbocycles. The van der Waals surface area contributed by atoms with Gasteiger partial charge in [0.15, 0.2) is 0 Å². The Labute approximate surface area is 193 Å². The molecule has 0 radical (unpaired) electrons. The van der Waals surface area contributed by atoms with Crippen LogP contribution in [-0.4, -0.2) is 53.6 Å². The molecule has 2 aromatic rings. The van der Waals surface area contributed by atoms with Crippen LogP contribution in [0.25, 0.3) is 0 Å². The first-order valence-electron chi connectivity index (χ1n) is 10.4. The molecule has 4 amide bonds. The van der Waals surface area contributed by atoms with Crippen molar-refractivity contribution in [2.75, 3.05) is 25.0 Å². The minimum absolute atomic E-state index is 0.148. The lowest BCUT2D eigenvalue weighted by atomic mass is 10.1. The van der Waals surface area contributed by atoms with Gasteiger partial charge in [-0.2, -0.15) is 13.2 Å². The molecule has 13 heteroatoms. The van der Waals surface area contributed by atoms with Gasteiger partial charge in [0.05, 0.1) is 29.1 Å². The fraction of sp³-hybridized carbons (Fsp3) is 0.429. The number of benzene rings is 1. The minimum atomic E-state index is -4.70. The Bertz CT molecular complexity index is 1070. The van der Waals surface area contributed by atoms with Gasteiger partial charge in [-0.05, 0) is 38.5 Å². The molecular weight excluding hydrogens is 457 g/mol. The number of alkyl halides is 3. The smallest absolute Gasteiger partial charge is 0.361 e. The zero-order chi connectivity index (χ0) is 25.0. The second-order valence-electron chi connectivity index (χ2n) is 8.02. The van der Waals surface area contributed by atoms with Gasteiger partial charge in [-0.15, -0.1) is 0 Å². The Kier molecular flexibility index (Phi) is 7.44. The number of hydrogen-bond donors (Lipinski definition) is 4. The number of anilines is 1. The van der Waals surface area contributed by atoms with Crippen molar-refractivity contribution in [3.63, 3.8) is 0 Å². The van der Waals surface area contributed by atoms with E-state index in [0.717, 1.165) is 29.6 Å². The summed E-state index contributed by atoms with van der Waals surface area (Å²) >= 11 is 0. The number of nitrogens with one attached hydrogen (secondary N) is 3. The maximum Gasteiger partial charge on any atom is 0.416 e. The van der Waals surface area contributed by atoms with E-state index in [-0.39, 0.29) is 11.7 Å². The van der Waals surface area contributed by atoms with E-state index < -0.39 is 41.7 Å². The summed E-state index contributed by atoms with van der Waals surface area (Å²) in [5, 5.41) is 11.1. The number of nitrogens with two attached hydrogens (primary N) is 1. The zero-order valence-electron chi connectivity index (χ0n) is 18.6. The largest absolute Gasteiger partial charge is 0.416 e. The molecule has 0 saturated carbocycles. The van der Waals surface area contributed by atoms with Gasteiger partial charge in [-0.1, -0.05) is 5.16 Å². The Balaban J connectivity index is 1.56. The highest BCUT2D eigenvalue weighted by molar-refractivity contribution is 6.04. The van der Waals surface area contributed by atoms with Crippen molar-refractivity contribution in [1.29, 1.82) is 0 Å². The number of hydrogen-bond acceptors (Lipinski definition) is 6. The van der Waals surface area contributed by atoms with Crippen molar-refractivity contribution in [2.45, 2.75) is 39.0 Å². The quantitative estimate of drug-likeness (QED) is 0.475. The first kappa shape index (κ1) is 25.0. The van der Waals surface area contributed by atoms with E-state index in [1.807, 2.05) is 13.8 Å². The number of nitrogens with zero attached hydrogens (tertiary/aromatic N) is 2. The lowest BCUT2D eigenvalue weighted by molar-refractivity contribution is -0.137. The summed E-state index contributed by atoms with van der Waals surface area (Å²) in [6.07, 6.45) is -4.00. The number of carbonyl (C=O) groups is 3. The molecule has 1 aliphatic heterocycles. The minimum Gasteiger partial charge on any atom is -0.361 e. The highest BCUT2D eigenvalue weighted by Gasteiger charge is 2.32. The summed E-state index contributed by atoms with van der Waals surface area (Å²) in [4.78, 5) is 38.1. The van der Waals surface area contributed by atoms with Crippen LogP contribution in [0.2, 0.25) is 0 Å². The van der Waals surface area contributed by atoms with Gasteiger partial charge in [-0.3, -0.25) is 14.5 Å². The van der Waals surface area contributed by atoms with Crippen molar-refractivity contribution < 1.29 is 32.1 Å². The van der Waals surface area contributed by atoms with E-state index in [0.29, 0.717) is 31.6 Å². The number of halogens is 3. The van der Waals surface area contributed by atoms with Gasteiger partial charge < -0.3 is 26.2 Å². The number of urea groups is 1. The maximum atomic E-state index is 13.0. The van der Waals surface area contributed by atoms with Gasteiger partial charge in [0.25, 0.3) is 5.91 Å². The molecule has 5 N–H and O–H groups in total. The van der Waals surface area contributed by atoms with Gasteiger partial charge in [-0.25, -0.2) is 4.79 Å². The van der Waals surface area contributed by atoms with Crippen LogP contribution >= 0.6 is 0 Å². The van der Waals surface area contributed by atoms with Crippen molar-refractivity contribution in [1.82, 2.24) is 20.7 Å². The monoisotopic (exact) mass is 482 g/mol. The van der Waals surface area contributed by atoms with E-state index in [4.69, 9.17) is 10.3 Å². The summed E-state index contributed by atoms with van der Waals surface area (Å²) in [6, 6.07) is 1.03. The number of aryl methyl sites for hydroxylation is 2. The van der Waals surface area contributed by atoms with E-state index in [2.05, 4.69) is 26.0 Å². The second kappa shape index (κ2) is 10.1. The fourth-order valence-corrected chi connectivity index (χ4v) is 3.73. The lowest BCUT2D eigenvalue weighted by Crippen LogP contribution is -2.43. The van der Waals surface area contributed by atoms with Gasteiger partial charge in [0, 0.05) is 31.2 Å². The zero-order valence-corrected chi connectivity index (χ0v) is 18.6. The standard InChI is InChI=1S/C21H25F3N6O4/c1-11-16(12(2)34-29-11)10-30-6-5-14(9-30)27-18(31)8-26-19(32)15-7-13(21(22,23)24)3-4-17(15)28-20(25)33/h3-4,7,14H,5-6,8-10H2,1-2H3,(H,26,32)(H,27,31)(H3,25,28,33)/t14-/m0/s1. The molecule has 0 spiro atoms. The van der Waals surface area contributed by atoms with E-state index >= 15 is 0 Å². The highest BCUT2D eigenvalue weighted by Crippen LogP contribution is 2.32. The number of rotatable bonds is 7. The van der Waals surface area contributed by atoms with Crippen molar-refractivity contribution >= 4 is 23.5 Å². The third kappa shape index (κ3) is 6.25. The summed E-state index contributed by atoms with van der Waals surface area (Å²) in [5.74, 6) is -0.710. The van der Waals surface area contributed by atoms with Crippen LogP contribution in [0.4, 0.5) is 23.7 Å². The predicted octanol–water partition coefficient (Wildman–Crippen LogP) is 1.92. The third-order valence-corrected chi connectivity index (χ3v) is 5.46. The third-order valence-electron chi connectivity index (χ3n) is 5.46. The fourth-order valence-electron chi connectivity index (χ4n) is 3.73. The van der Waals surface area contributed by atoms with Crippen LogP contribution in [0.1, 0.15) is 39.4 Å². The van der Waals surface area contributed by atoms with Crippen LogP contribution in [0, 0.1) is 13.8 Å². The second-order valence-corrected chi connectivity index (χ2v) is 8.02. The molecule has 0 unspecified atom stereocenters. The molecule has 1 atom stereocenters. The molecule has 1 fully saturated rings. The Morgan fingerprint density at radius 2 is 2.00 bits per heavy atom. The molecule has 2 heterocycles. The maximum absolute atomic E-state index is 13.0. The molecular formula is C21H25F3N6O4. The first-order valence-corrected chi connectivity index (χ1v) is 10.4. The van der Waals surface area contributed by atoms with E-state index in [1.165, 1.54) is 0 Å². The van der Waals surface area contributed by atoms with Crippen LogP contribution < -0.4 is 21.7 Å². The van der Waals surface area contributed by atoms with Crippen LogP contribution in [0.5, 0.6) is 0 Å². The first-order chi connectivity index (χ1) is 15.9. The van der Waals surface area contributed by atoms with Crippen molar-refractivity contribution in [3.8, 4) is 0 Å². The Hall–Kier alpha value is -3.61. The Morgan fingerprint density at radius 3 is 2.62 bits per heavy atom. The Morgan fingerprint density at radius 1 is 1.26 bits per heavy atom. The summed E-state index contributed by atoms with van der Waals surface area (Å²) in [7, 11) is 0. The lowest BCUT2D eigenvalue weighted by Gasteiger charge is -2.17. The SMILES string of the molecule is Cc1noc(C)c1CN1CC[C@H](NC(=O)CNC(=O)c2cc(C(F)(F)F)ccc2NC(N)=O)C1. The molecule has 1 saturated heterocycles. The van der Waals surface area contributed by atoms with Gasteiger partial charge in [0.1, 0.15) is 5.76 Å². The molecule has 34 heavy (non-hydrogen) atoms. The van der Waals surface area contributed by atoms with Crippen LogP contribution in [0.3, 0.4) is 0 Å². The van der Waals surface area contributed by atoms with Crippen molar-refractivity contribution in [3.05, 3.63) is 46.3 Å². The summed E-state index contributed by atoms with van der Waals surface area (Å²) in [6.45, 7) is 5.21. The number of aromatic nitrogens is 1. The van der Waals surface area contributed by atoms with Gasteiger partial charge >= 0.3 is 12.2 Å². The molecule has 1 aromatic heterocycles. The molecule has 10 nitrogen and oxygen atoms in total. The average molecular weight is 482 g/mol. The topological polar surface area (TPSA) is 143 Å². The molecule has 1 aliphatic rings. The number of likely N-dealkylation sites (tertiary alicyclic amines) is 1. The predicted molar refractivity (Wildman–Crippen MR) is 115 cm³/mol. The van der Waals surface area contributed by atoms with E-state index in [9.17, 15) is 27.6 Å². The van der Waals surface area contributed by atoms with E-state index in [1.54, 1.807) is 0 Å². The van der Waals surface area contributed by atoms with Crippen molar-refractivity contribution in [2.24, 2.45) is 5.73 Å². The molecule has 0 bridgehead atoms. The van der Waals surface area contributed by atoms with Gasteiger partial charge in [0.2, 0.25) is 5.91 Å². The number of amides is 4. The number of carbonyl (C=O) groups excluding carboxylic acids is 3. The molecule has 184 valence electrons. The number of primary amides is 1. The normalized spacial score (nSPS) is 16.3. The molecule has 3 rings (SSSR count). The average Bonchev–Trinajstić information content (AvgIpc) is 3.32. The summed E-state index contributed by atoms with van der Waals surface area (Å²) in [5.41, 5.74) is 5.08. The van der Waals surface area contributed by atoms with Crippen LogP contribution in [0.15, 0.2) is 22.7 Å².